The summed E-state index contributed by atoms with van der Waals surface area (Å²) in [6, 6.07) is 7.05. The van der Waals surface area contributed by atoms with Crippen LogP contribution in [0, 0.1) is 5.92 Å². The van der Waals surface area contributed by atoms with Gasteiger partial charge in [-0.25, -0.2) is 0 Å². The second-order valence-corrected chi connectivity index (χ2v) is 5.37. The quantitative estimate of drug-likeness (QED) is 0.735. The number of nitrogens with one attached hydrogen (secondary N) is 1. The average Bonchev–Trinajstić information content (AvgIpc) is 2.89. The molecule has 0 heterocycles. The summed E-state index contributed by atoms with van der Waals surface area (Å²) in [6.45, 7) is 0.513. The summed E-state index contributed by atoms with van der Waals surface area (Å²) in [4.78, 5) is 11.1. The largest absolute Gasteiger partial charge is 0.391 e. The van der Waals surface area contributed by atoms with Crippen LogP contribution in [0.3, 0.4) is 0 Å². The lowest BCUT2D eigenvalue weighted by Gasteiger charge is -2.16. The SMILES string of the molecule is NC(=O)c1cccc(NCC(O)CC2CCCC2)c1. The van der Waals surface area contributed by atoms with Gasteiger partial charge in [0.25, 0.3) is 0 Å². The number of carbonyl (C=O) groups excluding carboxylic acids is 1. The number of carbonyl (C=O) groups is 1. The Kier molecular flexibility index (Phi) is 4.80. The first-order valence-electron chi connectivity index (χ1n) is 6.97. The first-order valence-corrected chi connectivity index (χ1v) is 6.97. The van der Waals surface area contributed by atoms with Crippen molar-refractivity contribution in [2.75, 3.05) is 11.9 Å². The Balaban J connectivity index is 1.80. The normalized spacial score (nSPS) is 17.3. The molecule has 0 saturated heterocycles. The Morgan fingerprint density at radius 2 is 2.16 bits per heavy atom. The van der Waals surface area contributed by atoms with Crippen molar-refractivity contribution in [1.82, 2.24) is 0 Å². The van der Waals surface area contributed by atoms with Gasteiger partial charge in [0, 0.05) is 17.8 Å². The Morgan fingerprint density at radius 3 is 2.84 bits per heavy atom. The van der Waals surface area contributed by atoms with E-state index in [1.807, 2.05) is 6.07 Å². The molecular weight excluding hydrogens is 240 g/mol. The van der Waals surface area contributed by atoms with Crippen molar-refractivity contribution in [3.8, 4) is 0 Å². The summed E-state index contributed by atoms with van der Waals surface area (Å²) in [5, 5.41) is 13.2. The van der Waals surface area contributed by atoms with Gasteiger partial charge in [0.15, 0.2) is 0 Å². The fraction of sp³-hybridized carbons (Fsp3) is 0.533. The van der Waals surface area contributed by atoms with E-state index >= 15 is 0 Å². The van der Waals surface area contributed by atoms with E-state index in [1.54, 1.807) is 18.2 Å². The first kappa shape index (κ1) is 13.9. The molecule has 1 aliphatic carbocycles. The predicted molar refractivity (Wildman–Crippen MR) is 76.0 cm³/mol. The molecule has 19 heavy (non-hydrogen) atoms. The third kappa shape index (κ3) is 4.24. The zero-order valence-electron chi connectivity index (χ0n) is 11.1. The van der Waals surface area contributed by atoms with Crippen LogP contribution in [-0.2, 0) is 0 Å². The molecule has 1 aliphatic rings. The Bertz CT molecular complexity index is 428. The minimum atomic E-state index is -0.435. The number of hydrogen-bond acceptors (Lipinski definition) is 3. The molecule has 104 valence electrons. The third-order valence-electron chi connectivity index (χ3n) is 3.77. The fourth-order valence-electron chi connectivity index (χ4n) is 2.73. The van der Waals surface area contributed by atoms with Crippen LogP contribution in [0.15, 0.2) is 24.3 Å². The molecule has 0 radical (unpaired) electrons. The molecule has 1 amide bonds. The van der Waals surface area contributed by atoms with Gasteiger partial charge in [-0.15, -0.1) is 0 Å². The molecule has 1 aromatic carbocycles. The second kappa shape index (κ2) is 6.57. The van der Waals surface area contributed by atoms with Gasteiger partial charge in [-0.05, 0) is 30.5 Å². The summed E-state index contributed by atoms with van der Waals surface area (Å²) in [5.74, 6) is 0.240. The van der Waals surface area contributed by atoms with Crippen molar-refractivity contribution >= 4 is 11.6 Å². The molecule has 4 heteroatoms. The van der Waals surface area contributed by atoms with Crippen molar-refractivity contribution in [3.05, 3.63) is 29.8 Å². The monoisotopic (exact) mass is 262 g/mol. The molecule has 0 aromatic heterocycles. The summed E-state index contributed by atoms with van der Waals surface area (Å²) >= 11 is 0. The van der Waals surface area contributed by atoms with Crippen LogP contribution in [0.1, 0.15) is 42.5 Å². The zero-order valence-corrected chi connectivity index (χ0v) is 11.1. The van der Waals surface area contributed by atoms with Gasteiger partial charge in [0.1, 0.15) is 0 Å². The van der Waals surface area contributed by atoms with Crippen LogP contribution in [0.4, 0.5) is 5.69 Å². The van der Waals surface area contributed by atoms with E-state index in [0.717, 1.165) is 12.1 Å². The molecule has 0 spiro atoms. The number of amides is 1. The number of hydrogen-bond donors (Lipinski definition) is 3. The van der Waals surface area contributed by atoms with E-state index < -0.39 is 5.91 Å². The summed E-state index contributed by atoms with van der Waals surface area (Å²) in [7, 11) is 0. The molecule has 1 saturated carbocycles. The van der Waals surface area contributed by atoms with Gasteiger partial charge in [-0.2, -0.15) is 0 Å². The van der Waals surface area contributed by atoms with Gasteiger partial charge in [-0.3, -0.25) is 4.79 Å². The maximum atomic E-state index is 11.1. The van der Waals surface area contributed by atoms with E-state index in [0.29, 0.717) is 18.0 Å². The molecule has 1 atom stereocenters. The zero-order chi connectivity index (χ0) is 13.7. The van der Waals surface area contributed by atoms with E-state index in [-0.39, 0.29) is 6.10 Å². The minimum absolute atomic E-state index is 0.333. The van der Waals surface area contributed by atoms with Gasteiger partial charge in [-0.1, -0.05) is 31.7 Å². The molecule has 2 rings (SSSR count). The summed E-state index contributed by atoms with van der Waals surface area (Å²) in [5.41, 5.74) is 6.53. The van der Waals surface area contributed by atoms with E-state index in [1.165, 1.54) is 25.7 Å². The highest BCUT2D eigenvalue weighted by Crippen LogP contribution is 2.28. The maximum Gasteiger partial charge on any atom is 0.248 e. The number of anilines is 1. The van der Waals surface area contributed by atoms with Crippen LogP contribution in [0.2, 0.25) is 0 Å². The molecule has 1 fully saturated rings. The van der Waals surface area contributed by atoms with E-state index in [2.05, 4.69) is 5.32 Å². The standard InChI is InChI=1S/C15H22N2O2/c16-15(19)12-6-3-7-13(9-12)17-10-14(18)8-11-4-1-2-5-11/h3,6-7,9,11,14,17-18H,1-2,4-5,8,10H2,(H2,16,19). The van der Waals surface area contributed by atoms with Crippen LogP contribution in [-0.4, -0.2) is 23.7 Å². The Morgan fingerprint density at radius 1 is 1.42 bits per heavy atom. The summed E-state index contributed by atoms with van der Waals surface area (Å²) < 4.78 is 0. The van der Waals surface area contributed by atoms with Crippen molar-refractivity contribution in [2.24, 2.45) is 11.7 Å². The average molecular weight is 262 g/mol. The van der Waals surface area contributed by atoms with Crippen LogP contribution in [0.5, 0.6) is 0 Å². The number of aliphatic hydroxyl groups is 1. The van der Waals surface area contributed by atoms with Gasteiger partial charge in [0.05, 0.1) is 6.10 Å². The summed E-state index contributed by atoms with van der Waals surface area (Å²) in [6.07, 6.45) is 5.61. The Hall–Kier alpha value is -1.55. The van der Waals surface area contributed by atoms with Crippen molar-refractivity contribution < 1.29 is 9.90 Å². The van der Waals surface area contributed by atoms with Gasteiger partial charge in [0.2, 0.25) is 5.91 Å². The molecule has 4 nitrogen and oxygen atoms in total. The van der Waals surface area contributed by atoms with Crippen LogP contribution >= 0.6 is 0 Å². The molecular formula is C15H22N2O2. The van der Waals surface area contributed by atoms with Gasteiger partial charge < -0.3 is 16.2 Å². The van der Waals surface area contributed by atoms with Crippen molar-refractivity contribution in [2.45, 2.75) is 38.2 Å². The highest BCUT2D eigenvalue weighted by atomic mass is 16.3. The van der Waals surface area contributed by atoms with Crippen LogP contribution in [0.25, 0.3) is 0 Å². The fourth-order valence-corrected chi connectivity index (χ4v) is 2.73. The minimum Gasteiger partial charge on any atom is -0.391 e. The topological polar surface area (TPSA) is 75.4 Å². The van der Waals surface area contributed by atoms with Crippen LogP contribution < -0.4 is 11.1 Å². The highest BCUT2D eigenvalue weighted by Gasteiger charge is 2.18. The number of primary amides is 1. The molecule has 0 aliphatic heterocycles. The van der Waals surface area contributed by atoms with Gasteiger partial charge >= 0.3 is 0 Å². The smallest absolute Gasteiger partial charge is 0.248 e. The van der Waals surface area contributed by atoms with Crippen molar-refractivity contribution in [1.29, 1.82) is 0 Å². The first-order chi connectivity index (χ1) is 9.15. The molecule has 1 aromatic rings. The number of rotatable bonds is 6. The predicted octanol–water partition coefficient (Wildman–Crippen LogP) is 2.14. The number of aliphatic hydroxyl groups excluding tert-OH is 1. The second-order valence-electron chi connectivity index (χ2n) is 5.37. The molecule has 1 unspecified atom stereocenters. The number of nitrogens with two attached hydrogens (primary N) is 1. The highest BCUT2D eigenvalue weighted by molar-refractivity contribution is 5.93. The number of benzene rings is 1. The Labute approximate surface area is 114 Å². The van der Waals surface area contributed by atoms with E-state index in [4.69, 9.17) is 5.73 Å². The lowest BCUT2D eigenvalue weighted by atomic mass is 10.00. The van der Waals surface area contributed by atoms with E-state index in [9.17, 15) is 9.90 Å². The third-order valence-corrected chi connectivity index (χ3v) is 3.77. The van der Waals surface area contributed by atoms with Crippen molar-refractivity contribution in [3.63, 3.8) is 0 Å². The molecule has 4 N–H and O–H groups in total. The lowest BCUT2D eigenvalue weighted by molar-refractivity contribution is 0.100. The lowest BCUT2D eigenvalue weighted by Crippen LogP contribution is -2.22. The molecule has 0 bridgehead atoms. The maximum absolute atomic E-state index is 11.1.